The Kier molecular flexibility index (Phi) is 12.4. The number of ether oxygens (including phenoxy) is 2. The Morgan fingerprint density at radius 3 is 1.59 bits per heavy atom. The second-order valence-corrected chi connectivity index (χ2v) is 6.90. The second kappa shape index (κ2) is 13.2. The minimum absolute atomic E-state index is 0.0315. The first-order valence-electron chi connectivity index (χ1n) is 8.93. The van der Waals surface area contributed by atoms with E-state index in [0.717, 1.165) is 0 Å². The van der Waals surface area contributed by atoms with Crippen LogP contribution in [0.1, 0.15) is 13.8 Å². The molecule has 8 nitrogen and oxygen atoms in total. The Labute approximate surface area is 198 Å². The number of hydrazone groups is 2. The van der Waals surface area contributed by atoms with Crippen molar-refractivity contribution in [3.05, 3.63) is 0 Å². The highest BCUT2D eigenvalue weighted by atomic mass is 32.1. The smallest absolute Gasteiger partial charge is 0.377 e. The molecule has 0 aliphatic carbocycles. The van der Waals surface area contributed by atoms with E-state index >= 15 is 0 Å². The van der Waals surface area contributed by atoms with E-state index in [9.17, 15) is 39.5 Å². The second-order valence-electron chi connectivity index (χ2n) is 6.09. The highest BCUT2D eigenvalue weighted by molar-refractivity contribution is 7.80. The molecule has 19 heteroatoms. The average Bonchev–Trinajstić information content (AvgIpc) is 2.68. The van der Waals surface area contributed by atoms with Crippen LogP contribution >= 0.6 is 24.4 Å². The lowest BCUT2D eigenvalue weighted by atomic mass is 10.0. The Morgan fingerprint density at radius 1 is 0.735 bits per heavy atom. The topological polar surface area (TPSA) is 91.3 Å². The van der Waals surface area contributed by atoms with Crippen LogP contribution in [0.5, 0.6) is 0 Å². The molecule has 0 rings (SSSR count). The third kappa shape index (κ3) is 9.34. The van der Waals surface area contributed by atoms with Gasteiger partial charge in [-0.15, -0.1) is 0 Å². The molecular weight excluding hydrogens is 531 g/mol. The normalized spacial score (nSPS) is 14.0. The van der Waals surface area contributed by atoms with Crippen LogP contribution in [0.2, 0.25) is 0 Å². The lowest BCUT2D eigenvalue weighted by Gasteiger charge is -2.37. The number of hydrogen-bond donors (Lipinski definition) is 4. The molecule has 0 radical (unpaired) electrons. The van der Waals surface area contributed by atoms with Crippen molar-refractivity contribution in [2.45, 2.75) is 38.0 Å². The molecule has 0 amide bonds. The first-order chi connectivity index (χ1) is 15.4. The number of alkyl halides is 9. The Morgan fingerprint density at radius 2 is 1.18 bits per heavy atom. The highest BCUT2D eigenvalue weighted by Gasteiger charge is 2.85. The van der Waals surface area contributed by atoms with Gasteiger partial charge in [-0.1, -0.05) is 0 Å². The minimum atomic E-state index is -6.79. The number of hydrogen-bond acceptors (Lipinski definition) is 6. The number of thiocarbonyl (C=S) groups is 2. The molecular formula is C15H21F9N6O2S2. The van der Waals surface area contributed by atoms with E-state index < -0.39 is 37.3 Å². The van der Waals surface area contributed by atoms with Gasteiger partial charge >= 0.3 is 24.1 Å². The van der Waals surface area contributed by atoms with E-state index in [4.69, 9.17) is 24.4 Å². The molecule has 0 bridgehead atoms. The molecule has 0 saturated carbocycles. The van der Waals surface area contributed by atoms with Crippen molar-refractivity contribution in [3.8, 4) is 0 Å². The fourth-order valence-corrected chi connectivity index (χ4v) is 2.04. The Balaban J connectivity index is 4.55. The number of rotatable bonds is 10. The van der Waals surface area contributed by atoms with Crippen molar-refractivity contribution in [3.63, 3.8) is 0 Å². The minimum Gasteiger partial charge on any atom is -0.377 e. The fourth-order valence-electron chi connectivity index (χ4n) is 1.85. The maximum absolute atomic E-state index is 12.7. The first kappa shape index (κ1) is 32.0. The van der Waals surface area contributed by atoms with Gasteiger partial charge in [-0.3, -0.25) is 10.9 Å². The maximum Gasteiger partial charge on any atom is 0.435 e. The fraction of sp³-hybridized carbons (Fsp3) is 0.733. The van der Waals surface area contributed by atoms with Crippen LogP contribution < -0.4 is 21.5 Å². The molecule has 0 aliphatic heterocycles. The van der Waals surface area contributed by atoms with Crippen molar-refractivity contribution < 1.29 is 49.0 Å². The molecule has 0 spiro atoms. The van der Waals surface area contributed by atoms with Crippen molar-refractivity contribution in [2.24, 2.45) is 10.2 Å². The van der Waals surface area contributed by atoms with Crippen LogP contribution in [0.4, 0.5) is 39.5 Å². The summed E-state index contributed by atoms with van der Waals surface area (Å²) in [6.45, 7) is 0.146. The molecule has 0 aromatic carbocycles. The first-order valence-corrected chi connectivity index (χ1v) is 9.74. The SMILES string of the molecule is CNC(=S)N/N=C(C)/C(C)=N/NC(=S)NCCOCCOC(C(F)(F)F)(C(F)(F)F)C(F)(F)F. The van der Waals surface area contributed by atoms with E-state index in [1.165, 1.54) is 0 Å². The van der Waals surface area contributed by atoms with Gasteiger partial charge in [0.1, 0.15) is 0 Å². The average molecular weight is 552 g/mol. The zero-order valence-electron chi connectivity index (χ0n) is 17.8. The molecule has 0 fully saturated rings. The quantitative estimate of drug-likeness (QED) is 0.108. The van der Waals surface area contributed by atoms with Gasteiger partial charge in [0.25, 0.3) is 0 Å². The van der Waals surface area contributed by atoms with Gasteiger partial charge in [0, 0.05) is 13.6 Å². The summed E-state index contributed by atoms with van der Waals surface area (Å²) in [7, 11) is 1.59. The Hall–Kier alpha value is -1.99. The van der Waals surface area contributed by atoms with Gasteiger partial charge in [0.05, 0.1) is 31.2 Å². The predicted molar refractivity (Wildman–Crippen MR) is 112 cm³/mol. The van der Waals surface area contributed by atoms with Crippen molar-refractivity contribution >= 4 is 46.1 Å². The van der Waals surface area contributed by atoms with E-state index in [2.05, 4.69) is 41.2 Å². The Bertz CT molecular complexity index is 718. The predicted octanol–water partition coefficient (Wildman–Crippen LogP) is 2.76. The summed E-state index contributed by atoms with van der Waals surface area (Å²) < 4.78 is 122. The summed E-state index contributed by atoms with van der Waals surface area (Å²) in [5.74, 6) is 0. The van der Waals surface area contributed by atoms with Gasteiger partial charge in [-0.2, -0.15) is 49.7 Å². The molecule has 0 aromatic rings. The van der Waals surface area contributed by atoms with E-state index in [1.54, 1.807) is 20.9 Å². The third-order valence-electron chi connectivity index (χ3n) is 3.68. The third-order valence-corrected chi connectivity index (χ3v) is 4.21. The highest BCUT2D eigenvalue weighted by Crippen LogP contribution is 2.54. The lowest BCUT2D eigenvalue weighted by molar-refractivity contribution is -0.457. The van der Waals surface area contributed by atoms with Crippen molar-refractivity contribution in [2.75, 3.05) is 33.4 Å². The van der Waals surface area contributed by atoms with E-state index in [1.807, 2.05) is 0 Å². The summed E-state index contributed by atoms with van der Waals surface area (Å²) in [6.07, 6.45) is -20.4. The standard InChI is InChI=1S/C15H21F9N6O2S2/c1-8(27-29-10(33)25-3)9(2)28-30-11(34)26-4-5-31-6-7-32-12(13(16,17)18,14(19,20)21)15(22,23)24/h4-7H2,1-3H3,(H2,25,29,33)(H2,26,30,34)/b27-8+,28-9+. The van der Waals surface area contributed by atoms with Gasteiger partial charge in [-0.25, -0.2) is 0 Å². The van der Waals surface area contributed by atoms with Crippen LogP contribution in [-0.4, -0.2) is 79.2 Å². The van der Waals surface area contributed by atoms with Gasteiger partial charge in [0.2, 0.25) is 0 Å². The monoisotopic (exact) mass is 552 g/mol. The van der Waals surface area contributed by atoms with Gasteiger partial charge in [0.15, 0.2) is 10.2 Å². The lowest BCUT2D eigenvalue weighted by Crippen LogP contribution is -2.68. The molecule has 0 atom stereocenters. The van der Waals surface area contributed by atoms with Crippen LogP contribution in [-0.2, 0) is 9.47 Å². The van der Waals surface area contributed by atoms with Crippen molar-refractivity contribution in [1.29, 1.82) is 0 Å². The van der Waals surface area contributed by atoms with Crippen LogP contribution in [0.25, 0.3) is 0 Å². The summed E-state index contributed by atoms with van der Waals surface area (Å²) in [5.41, 5.74) is -0.509. The van der Waals surface area contributed by atoms with E-state index in [-0.39, 0.29) is 23.4 Å². The molecule has 34 heavy (non-hydrogen) atoms. The molecule has 0 aliphatic rings. The van der Waals surface area contributed by atoms with Crippen LogP contribution in [0.3, 0.4) is 0 Å². The maximum atomic E-state index is 12.7. The summed E-state index contributed by atoms with van der Waals surface area (Å²) in [5, 5.41) is 13.2. The molecule has 0 aromatic heterocycles. The summed E-state index contributed by atoms with van der Waals surface area (Å²) in [6, 6.07) is 0. The van der Waals surface area contributed by atoms with Gasteiger partial charge in [-0.05, 0) is 38.3 Å². The van der Waals surface area contributed by atoms with E-state index in [0.29, 0.717) is 11.4 Å². The zero-order valence-corrected chi connectivity index (χ0v) is 19.4. The van der Waals surface area contributed by atoms with Crippen LogP contribution in [0, 0.1) is 0 Å². The largest absolute Gasteiger partial charge is 0.435 e. The number of nitrogens with one attached hydrogen (secondary N) is 4. The molecule has 0 unspecified atom stereocenters. The van der Waals surface area contributed by atoms with Crippen molar-refractivity contribution in [1.82, 2.24) is 21.5 Å². The number of nitrogens with zero attached hydrogens (tertiary/aromatic N) is 2. The van der Waals surface area contributed by atoms with Gasteiger partial charge < -0.3 is 20.1 Å². The number of halogens is 9. The summed E-state index contributed by atoms with van der Waals surface area (Å²) in [4.78, 5) is 0. The van der Waals surface area contributed by atoms with Crippen LogP contribution in [0.15, 0.2) is 10.2 Å². The molecule has 0 heterocycles. The summed E-state index contributed by atoms with van der Waals surface area (Å²) >= 11 is 9.72. The zero-order chi connectivity index (χ0) is 26.8. The molecule has 0 saturated heterocycles. The molecule has 4 N–H and O–H groups in total. The molecule has 198 valence electrons.